The molecule has 0 aliphatic carbocycles. The maximum atomic E-state index is 14.1. The van der Waals surface area contributed by atoms with Crippen LogP contribution in [0.25, 0.3) is 0 Å². The van der Waals surface area contributed by atoms with Crippen LogP contribution in [-0.2, 0) is 17.7 Å². The fraction of sp³-hybridized carbons (Fsp3) is 0.238. The van der Waals surface area contributed by atoms with Crippen LogP contribution in [0.2, 0.25) is 10.2 Å². The first-order valence-electron chi connectivity index (χ1n) is 9.36. The van der Waals surface area contributed by atoms with Gasteiger partial charge in [-0.3, -0.25) is 0 Å². The van der Waals surface area contributed by atoms with Gasteiger partial charge in [0.2, 0.25) is 0 Å². The molecule has 1 N–H and O–H groups in total. The second kappa shape index (κ2) is 10.1. The molecule has 1 heterocycles. The van der Waals surface area contributed by atoms with Gasteiger partial charge in [-0.25, -0.2) is 22.6 Å². The average Bonchev–Trinajstić information content (AvgIpc) is 3.04. The Bertz CT molecular complexity index is 1110. The van der Waals surface area contributed by atoms with Crippen LogP contribution >= 0.6 is 23.2 Å². The highest BCUT2D eigenvalue weighted by Gasteiger charge is 2.24. The molecular formula is C21H18Cl2F3N3O2. The van der Waals surface area contributed by atoms with Crippen LogP contribution in [0, 0.1) is 17.5 Å². The van der Waals surface area contributed by atoms with Crippen molar-refractivity contribution in [2.45, 2.75) is 19.9 Å². The minimum absolute atomic E-state index is 0.0190. The number of hydrogen-bond donors (Lipinski definition) is 1. The third-order valence-corrected chi connectivity index (χ3v) is 5.16. The largest absolute Gasteiger partial charge is 0.461 e. The second-order valence-electron chi connectivity index (χ2n) is 6.49. The molecule has 0 unspecified atom stereocenters. The molecule has 0 aliphatic heterocycles. The molecule has 0 bridgehead atoms. The summed E-state index contributed by atoms with van der Waals surface area (Å²) in [6, 6.07) is 8.29. The van der Waals surface area contributed by atoms with Crippen LogP contribution in [0.1, 0.15) is 28.5 Å². The van der Waals surface area contributed by atoms with E-state index in [2.05, 4.69) is 10.4 Å². The molecule has 0 spiro atoms. The van der Waals surface area contributed by atoms with Gasteiger partial charge in [0.15, 0.2) is 23.1 Å². The number of halogens is 5. The van der Waals surface area contributed by atoms with E-state index in [4.69, 9.17) is 27.9 Å². The summed E-state index contributed by atoms with van der Waals surface area (Å²) in [7, 11) is 0. The minimum atomic E-state index is -1.02. The molecule has 10 heteroatoms. The van der Waals surface area contributed by atoms with Gasteiger partial charge in [0.25, 0.3) is 0 Å². The summed E-state index contributed by atoms with van der Waals surface area (Å²) < 4.78 is 47.9. The average molecular weight is 472 g/mol. The number of carbonyl (C=O) groups excluding carboxylic acids is 1. The van der Waals surface area contributed by atoms with Gasteiger partial charge in [-0.2, -0.15) is 5.10 Å². The Hall–Kier alpha value is -2.71. The first-order chi connectivity index (χ1) is 14.8. The fourth-order valence-electron chi connectivity index (χ4n) is 2.96. The Morgan fingerprint density at radius 1 is 1.13 bits per heavy atom. The van der Waals surface area contributed by atoms with E-state index in [1.807, 2.05) is 0 Å². The molecule has 164 valence electrons. The maximum Gasteiger partial charge on any atom is 0.359 e. The number of aromatic nitrogens is 2. The first-order valence-corrected chi connectivity index (χ1v) is 10.1. The van der Waals surface area contributed by atoms with Gasteiger partial charge in [-0.15, -0.1) is 0 Å². The molecule has 3 aromatic rings. The van der Waals surface area contributed by atoms with Crippen molar-refractivity contribution in [1.29, 1.82) is 0 Å². The number of nitrogens with one attached hydrogen (secondary N) is 1. The van der Waals surface area contributed by atoms with E-state index < -0.39 is 23.4 Å². The topological polar surface area (TPSA) is 56.1 Å². The number of nitrogens with zero attached hydrogens (tertiary/aromatic N) is 2. The van der Waals surface area contributed by atoms with Gasteiger partial charge in [-0.05, 0) is 31.5 Å². The van der Waals surface area contributed by atoms with Crippen molar-refractivity contribution >= 4 is 34.9 Å². The van der Waals surface area contributed by atoms with Gasteiger partial charge in [0.1, 0.15) is 5.15 Å². The number of esters is 1. The molecule has 3 rings (SSSR count). The van der Waals surface area contributed by atoms with E-state index in [0.717, 1.165) is 6.07 Å². The van der Waals surface area contributed by atoms with Crippen LogP contribution in [0.15, 0.2) is 36.4 Å². The van der Waals surface area contributed by atoms with Gasteiger partial charge in [-0.1, -0.05) is 41.4 Å². The fourth-order valence-corrected chi connectivity index (χ4v) is 3.42. The Morgan fingerprint density at radius 2 is 1.87 bits per heavy atom. The zero-order chi connectivity index (χ0) is 22.5. The molecule has 1 aromatic heterocycles. The first kappa shape index (κ1) is 23.0. The standard InChI is InChI=1S/C21H18Cl2F3N3O2/c1-2-31-21(30)19-13(9-10-27-16-8-4-6-14(22)18(16)26)20(23)29(28-19)11-12-5-3-7-15(24)17(12)25/h3-8,27H,2,9-11H2,1H3. The highest BCUT2D eigenvalue weighted by molar-refractivity contribution is 6.31. The van der Waals surface area contributed by atoms with Crippen molar-refractivity contribution in [3.05, 3.63) is 80.8 Å². The highest BCUT2D eigenvalue weighted by atomic mass is 35.5. The molecule has 0 saturated heterocycles. The monoisotopic (exact) mass is 471 g/mol. The third-order valence-electron chi connectivity index (χ3n) is 4.44. The van der Waals surface area contributed by atoms with Gasteiger partial charge < -0.3 is 10.1 Å². The Balaban J connectivity index is 1.86. The van der Waals surface area contributed by atoms with Crippen molar-refractivity contribution in [3.63, 3.8) is 0 Å². The SMILES string of the molecule is CCOC(=O)c1nn(Cc2cccc(F)c2F)c(Cl)c1CCNc1cccc(Cl)c1F. The van der Waals surface area contributed by atoms with Crippen LogP contribution in [0.4, 0.5) is 18.9 Å². The summed E-state index contributed by atoms with van der Waals surface area (Å²) in [5.41, 5.74) is 0.505. The van der Waals surface area contributed by atoms with E-state index in [9.17, 15) is 18.0 Å². The van der Waals surface area contributed by atoms with Crippen molar-refractivity contribution in [2.75, 3.05) is 18.5 Å². The minimum Gasteiger partial charge on any atom is -0.461 e. The van der Waals surface area contributed by atoms with E-state index in [1.54, 1.807) is 13.0 Å². The predicted molar refractivity (Wildman–Crippen MR) is 112 cm³/mol. The summed E-state index contributed by atoms with van der Waals surface area (Å²) in [5.74, 6) is -3.32. The lowest BCUT2D eigenvalue weighted by Crippen LogP contribution is -2.12. The molecule has 5 nitrogen and oxygen atoms in total. The van der Waals surface area contributed by atoms with Gasteiger partial charge in [0.05, 0.1) is 23.9 Å². The summed E-state index contributed by atoms with van der Waals surface area (Å²) >= 11 is 12.2. The lowest BCUT2D eigenvalue weighted by Gasteiger charge is -2.09. The van der Waals surface area contributed by atoms with Crippen molar-refractivity contribution < 1.29 is 22.7 Å². The van der Waals surface area contributed by atoms with Crippen LogP contribution in [0.5, 0.6) is 0 Å². The van der Waals surface area contributed by atoms with Crippen LogP contribution in [0.3, 0.4) is 0 Å². The number of benzene rings is 2. The molecule has 0 saturated carbocycles. The number of hydrogen-bond acceptors (Lipinski definition) is 4. The molecule has 31 heavy (non-hydrogen) atoms. The number of carbonyl (C=O) groups is 1. The normalized spacial score (nSPS) is 10.9. The molecular weight excluding hydrogens is 454 g/mol. The second-order valence-corrected chi connectivity index (χ2v) is 7.25. The summed E-state index contributed by atoms with van der Waals surface area (Å²) in [6.45, 7) is 1.77. The van der Waals surface area contributed by atoms with Gasteiger partial charge >= 0.3 is 5.97 Å². The molecule has 0 fully saturated rings. The van der Waals surface area contributed by atoms with E-state index in [0.29, 0.717) is 5.56 Å². The smallest absolute Gasteiger partial charge is 0.359 e. The van der Waals surface area contributed by atoms with Gasteiger partial charge in [0, 0.05) is 17.7 Å². The van der Waals surface area contributed by atoms with Crippen molar-refractivity contribution in [3.8, 4) is 0 Å². The highest BCUT2D eigenvalue weighted by Crippen LogP contribution is 2.25. The predicted octanol–water partition coefficient (Wildman–Crippen LogP) is 5.49. The Kier molecular flexibility index (Phi) is 7.46. The number of rotatable bonds is 8. The van der Waals surface area contributed by atoms with E-state index in [1.165, 1.54) is 28.9 Å². The molecule has 0 radical (unpaired) electrons. The molecule has 0 atom stereocenters. The lowest BCUT2D eigenvalue weighted by atomic mass is 10.1. The van der Waals surface area contributed by atoms with E-state index in [-0.39, 0.29) is 53.2 Å². The summed E-state index contributed by atoms with van der Waals surface area (Å²) in [4.78, 5) is 12.3. The Labute approximate surface area is 186 Å². The maximum absolute atomic E-state index is 14.1. The zero-order valence-electron chi connectivity index (χ0n) is 16.4. The number of anilines is 1. The van der Waals surface area contributed by atoms with Crippen LogP contribution < -0.4 is 5.32 Å². The summed E-state index contributed by atoms with van der Waals surface area (Å²) in [6.07, 6.45) is 0.185. The summed E-state index contributed by atoms with van der Waals surface area (Å²) in [5, 5.41) is 7.08. The number of ether oxygens (including phenoxy) is 1. The Morgan fingerprint density at radius 3 is 2.61 bits per heavy atom. The zero-order valence-corrected chi connectivity index (χ0v) is 17.9. The van der Waals surface area contributed by atoms with E-state index >= 15 is 0 Å². The molecule has 0 amide bonds. The van der Waals surface area contributed by atoms with Crippen molar-refractivity contribution in [2.24, 2.45) is 0 Å². The quantitative estimate of drug-likeness (QED) is 0.441. The molecule has 0 aliphatic rings. The van der Waals surface area contributed by atoms with Crippen molar-refractivity contribution in [1.82, 2.24) is 9.78 Å². The van der Waals surface area contributed by atoms with Crippen LogP contribution in [-0.4, -0.2) is 28.9 Å². The third kappa shape index (κ3) is 5.14. The molecule has 2 aromatic carbocycles. The lowest BCUT2D eigenvalue weighted by molar-refractivity contribution is 0.0517.